The highest BCUT2D eigenvalue weighted by molar-refractivity contribution is 6.32. The molecule has 6 heteroatoms. The first-order valence-corrected chi connectivity index (χ1v) is 5.75. The summed E-state index contributed by atoms with van der Waals surface area (Å²) in [5.74, 6) is -1.71. The molecule has 1 fully saturated rings. The van der Waals surface area contributed by atoms with E-state index in [4.69, 9.17) is 16.3 Å². The molecule has 18 heavy (non-hydrogen) atoms. The lowest BCUT2D eigenvalue weighted by atomic mass is 10.1. The normalized spacial score (nSPS) is 19.1. The van der Waals surface area contributed by atoms with Crippen LogP contribution < -0.4 is 14.7 Å². The molecule has 0 radical (unpaired) electrons. The molecule has 0 bridgehead atoms. The first kappa shape index (κ1) is 12.7. The summed E-state index contributed by atoms with van der Waals surface area (Å²) < 4.78 is 5.01. The number of carboxylic acid groups (broad SMARTS) is 1. The predicted molar refractivity (Wildman–Crippen MR) is 63.5 cm³/mol. The molecule has 5 nitrogen and oxygen atoms in total. The summed E-state index contributed by atoms with van der Waals surface area (Å²) in [4.78, 5) is 23.9. The van der Waals surface area contributed by atoms with E-state index < -0.39 is 11.9 Å². The van der Waals surface area contributed by atoms with Crippen LogP contribution in [0.1, 0.15) is 6.42 Å². The van der Waals surface area contributed by atoms with Gasteiger partial charge in [-0.3, -0.25) is 4.79 Å². The molecule has 0 N–H and O–H groups in total. The zero-order chi connectivity index (χ0) is 13.3. The van der Waals surface area contributed by atoms with Gasteiger partial charge >= 0.3 is 0 Å². The minimum atomic E-state index is -1.20. The number of methoxy groups -OCH3 is 1. The zero-order valence-corrected chi connectivity index (χ0v) is 10.4. The Morgan fingerprint density at radius 1 is 1.56 bits per heavy atom. The Hall–Kier alpha value is -1.75. The monoisotopic (exact) mass is 268 g/mol. The maximum Gasteiger partial charge on any atom is 0.227 e. The van der Waals surface area contributed by atoms with Gasteiger partial charge in [-0.25, -0.2) is 0 Å². The molecule has 1 aromatic carbocycles. The van der Waals surface area contributed by atoms with Gasteiger partial charge in [0.1, 0.15) is 5.75 Å². The van der Waals surface area contributed by atoms with Crippen LogP contribution in [0.3, 0.4) is 0 Å². The Morgan fingerprint density at radius 2 is 2.28 bits per heavy atom. The number of carboxylic acids is 1. The second-order valence-electron chi connectivity index (χ2n) is 4.04. The summed E-state index contributed by atoms with van der Waals surface area (Å²) in [6.45, 7) is 0.115. The molecule has 0 aliphatic carbocycles. The van der Waals surface area contributed by atoms with Gasteiger partial charge in [-0.1, -0.05) is 11.6 Å². The molecule has 0 unspecified atom stereocenters. The fourth-order valence-electron chi connectivity index (χ4n) is 1.94. The van der Waals surface area contributed by atoms with Crippen LogP contribution >= 0.6 is 11.6 Å². The van der Waals surface area contributed by atoms with Crippen molar-refractivity contribution in [1.82, 2.24) is 0 Å². The van der Waals surface area contributed by atoms with Crippen LogP contribution in [0.4, 0.5) is 5.69 Å². The Kier molecular flexibility index (Phi) is 3.43. The van der Waals surface area contributed by atoms with Crippen molar-refractivity contribution in [3.8, 4) is 5.75 Å². The van der Waals surface area contributed by atoms with Gasteiger partial charge in [-0.05, 0) is 18.2 Å². The summed E-state index contributed by atoms with van der Waals surface area (Å²) in [6.07, 6.45) is -0.0357. The molecule has 1 saturated heterocycles. The number of aliphatic carboxylic acids is 1. The number of benzene rings is 1. The van der Waals surface area contributed by atoms with Crippen LogP contribution in [0.15, 0.2) is 18.2 Å². The van der Waals surface area contributed by atoms with Crippen molar-refractivity contribution in [2.24, 2.45) is 5.92 Å². The molecule has 2 rings (SSSR count). The molecule has 96 valence electrons. The number of rotatable bonds is 3. The highest BCUT2D eigenvalue weighted by atomic mass is 35.5. The summed E-state index contributed by atoms with van der Waals surface area (Å²) in [5.41, 5.74) is 0.564. The van der Waals surface area contributed by atoms with Gasteiger partial charge < -0.3 is 19.5 Å². The molecule has 1 heterocycles. The molecule has 0 aromatic heterocycles. The van der Waals surface area contributed by atoms with E-state index >= 15 is 0 Å². The topological polar surface area (TPSA) is 69.7 Å². The molecular weight excluding hydrogens is 258 g/mol. The van der Waals surface area contributed by atoms with E-state index in [1.807, 2.05) is 0 Å². The minimum Gasteiger partial charge on any atom is -0.550 e. The SMILES string of the molecule is COc1ccc(N2C[C@@H](C(=O)[O-])CC2=O)cc1Cl. The van der Waals surface area contributed by atoms with Crippen molar-refractivity contribution in [1.29, 1.82) is 0 Å². The number of hydrogen-bond donors (Lipinski definition) is 0. The van der Waals surface area contributed by atoms with Gasteiger partial charge in [0.2, 0.25) is 5.91 Å². The number of ether oxygens (including phenoxy) is 1. The summed E-state index contributed by atoms with van der Waals surface area (Å²) in [5, 5.41) is 11.1. The number of amides is 1. The molecule has 0 spiro atoms. The second kappa shape index (κ2) is 4.86. The first-order valence-electron chi connectivity index (χ1n) is 5.37. The zero-order valence-electron chi connectivity index (χ0n) is 9.68. The lowest BCUT2D eigenvalue weighted by molar-refractivity contribution is -0.310. The maximum absolute atomic E-state index is 11.7. The van der Waals surface area contributed by atoms with E-state index in [0.29, 0.717) is 16.5 Å². The predicted octanol–water partition coefficient (Wildman–Crippen LogP) is 0.451. The highest BCUT2D eigenvalue weighted by Gasteiger charge is 2.31. The molecule has 1 aromatic rings. The minimum absolute atomic E-state index is 0.0357. The lowest BCUT2D eigenvalue weighted by Crippen LogP contribution is -2.33. The number of halogens is 1. The molecule has 1 amide bonds. The second-order valence-corrected chi connectivity index (χ2v) is 4.45. The largest absolute Gasteiger partial charge is 0.550 e. The van der Waals surface area contributed by atoms with Crippen LogP contribution in [0.2, 0.25) is 5.02 Å². The van der Waals surface area contributed by atoms with E-state index in [9.17, 15) is 14.7 Å². The fourth-order valence-corrected chi connectivity index (χ4v) is 2.19. The van der Waals surface area contributed by atoms with Crippen molar-refractivity contribution < 1.29 is 19.4 Å². The third kappa shape index (κ3) is 2.26. The summed E-state index contributed by atoms with van der Waals surface area (Å²) in [7, 11) is 1.49. The quantitative estimate of drug-likeness (QED) is 0.798. The van der Waals surface area contributed by atoms with Gasteiger partial charge in [0.15, 0.2) is 0 Å². The Balaban J connectivity index is 2.24. The summed E-state index contributed by atoms with van der Waals surface area (Å²) >= 11 is 5.96. The van der Waals surface area contributed by atoms with Crippen LogP contribution in [-0.2, 0) is 9.59 Å². The molecular formula is C12H11ClNO4-. The standard InChI is InChI=1S/C12H12ClNO4/c1-18-10-3-2-8(5-9(10)13)14-6-7(12(16)17)4-11(14)15/h2-3,5,7H,4,6H2,1H3,(H,16,17)/p-1/t7-/m0/s1. The van der Waals surface area contributed by atoms with E-state index in [1.54, 1.807) is 18.2 Å². The first-order chi connectivity index (χ1) is 8.52. The smallest absolute Gasteiger partial charge is 0.227 e. The van der Waals surface area contributed by atoms with E-state index in [-0.39, 0.29) is 18.9 Å². The fraction of sp³-hybridized carbons (Fsp3) is 0.333. The van der Waals surface area contributed by atoms with E-state index in [2.05, 4.69) is 0 Å². The van der Waals surface area contributed by atoms with Crippen LogP contribution in [0.25, 0.3) is 0 Å². The average Bonchev–Trinajstić information content (AvgIpc) is 2.71. The molecule has 1 aliphatic heterocycles. The van der Waals surface area contributed by atoms with Gasteiger partial charge in [0, 0.05) is 30.5 Å². The average molecular weight is 269 g/mol. The molecule has 1 aliphatic rings. The number of carbonyl (C=O) groups is 2. The van der Waals surface area contributed by atoms with E-state index in [1.165, 1.54) is 12.0 Å². The van der Waals surface area contributed by atoms with Gasteiger partial charge in [0.05, 0.1) is 12.1 Å². The number of carbonyl (C=O) groups excluding carboxylic acids is 2. The number of anilines is 1. The van der Waals surface area contributed by atoms with Crippen LogP contribution in [0.5, 0.6) is 5.75 Å². The number of hydrogen-bond acceptors (Lipinski definition) is 4. The lowest BCUT2D eigenvalue weighted by Gasteiger charge is -2.18. The van der Waals surface area contributed by atoms with Crippen molar-refractivity contribution in [3.05, 3.63) is 23.2 Å². The van der Waals surface area contributed by atoms with Crippen molar-refractivity contribution in [3.63, 3.8) is 0 Å². The van der Waals surface area contributed by atoms with Gasteiger partial charge in [0.25, 0.3) is 0 Å². The van der Waals surface area contributed by atoms with Crippen LogP contribution in [0, 0.1) is 5.92 Å². The van der Waals surface area contributed by atoms with Crippen molar-refractivity contribution >= 4 is 29.2 Å². The van der Waals surface area contributed by atoms with Gasteiger partial charge in [-0.15, -0.1) is 0 Å². The summed E-state index contributed by atoms with van der Waals surface area (Å²) in [6, 6.07) is 4.88. The van der Waals surface area contributed by atoms with Crippen molar-refractivity contribution in [2.75, 3.05) is 18.6 Å². The molecule has 0 saturated carbocycles. The maximum atomic E-state index is 11.7. The third-order valence-corrected chi connectivity index (χ3v) is 3.20. The molecule has 1 atom stereocenters. The Bertz CT molecular complexity index is 503. The highest BCUT2D eigenvalue weighted by Crippen LogP contribution is 2.32. The van der Waals surface area contributed by atoms with E-state index in [0.717, 1.165) is 0 Å². The Morgan fingerprint density at radius 3 is 2.78 bits per heavy atom. The number of nitrogens with zero attached hydrogens (tertiary/aromatic N) is 1. The van der Waals surface area contributed by atoms with Gasteiger partial charge in [-0.2, -0.15) is 0 Å². The third-order valence-electron chi connectivity index (χ3n) is 2.91. The van der Waals surface area contributed by atoms with Crippen molar-refractivity contribution in [2.45, 2.75) is 6.42 Å². The Labute approximate surface area is 109 Å². The van der Waals surface area contributed by atoms with Crippen LogP contribution in [-0.4, -0.2) is 25.5 Å².